The first-order valence-corrected chi connectivity index (χ1v) is 10.9. The number of aromatic nitrogens is 2. The molecule has 4 rings (SSSR count). The quantitative estimate of drug-likeness (QED) is 0.615. The predicted octanol–water partition coefficient (Wildman–Crippen LogP) is 3.50. The Hall–Kier alpha value is -2.90. The zero-order chi connectivity index (χ0) is 23.0. The molecule has 32 heavy (non-hydrogen) atoms. The van der Waals surface area contributed by atoms with Gasteiger partial charge in [-0.2, -0.15) is 0 Å². The van der Waals surface area contributed by atoms with Crippen molar-refractivity contribution in [3.05, 3.63) is 74.1 Å². The molecule has 0 spiro atoms. The number of nitrogens with one attached hydrogen (secondary N) is 1. The van der Waals surface area contributed by atoms with Gasteiger partial charge >= 0.3 is 0 Å². The van der Waals surface area contributed by atoms with Gasteiger partial charge in [-0.05, 0) is 35.2 Å². The first kappa shape index (κ1) is 22.3. The number of carbonyl (C=O) groups excluding carboxylic acids is 2. The highest BCUT2D eigenvalue weighted by atomic mass is 35.5. The molecule has 1 N–H and O–H groups in total. The zero-order valence-electron chi connectivity index (χ0n) is 17.7. The topological polar surface area (TPSA) is 84.3 Å². The van der Waals surface area contributed by atoms with Crippen molar-refractivity contribution in [1.29, 1.82) is 0 Å². The van der Waals surface area contributed by atoms with E-state index in [1.54, 1.807) is 35.2 Å². The summed E-state index contributed by atoms with van der Waals surface area (Å²) in [4.78, 5) is 44.8. The van der Waals surface area contributed by atoms with E-state index in [-0.39, 0.29) is 35.6 Å². The van der Waals surface area contributed by atoms with Crippen molar-refractivity contribution in [1.82, 2.24) is 19.8 Å². The minimum atomic E-state index is -0.589. The number of pyridine rings is 2. The second-order valence-electron chi connectivity index (χ2n) is 8.70. The van der Waals surface area contributed by atoms with Crippen molar-refractivity contribution in [2.45, 2.75) is 26.9 Å². The van der Waals surface area contributed by atoms with Crippen LogP contribution in [0.15, 0.2) is 47.4 Å². The van der Waals surface area contributed by atoms with Crippen LogP contribution in [0, 0.1) is 5.41 Å². The third kappa shape index (κ3) is 4.49. The van der Waals surface area contributed by atoms with Crippen LogP contribution in [0.3, 0.4) is 0 Å². The summed E-state index contributed by atoms with van der Waals surface area (Å²) in [6, 6.07) is 10.0. The smallest absolute Gasteiger partial charge is 0.265 e. The fourth-order valence-electron chi connectivity index (χ4n) is 3.82. The summed E-state index contributed by atoms with van der Waals surface area (Å²) in [5.41, 5.74) is 0.476. The highest BCUT2D eigenvalue weighted by Crippen LogP contribution is 2.29. The number of carbonyl (C=O) groups is 2. The van der Waals surface area contributed by atoms with Gasteiger partial charge in [0.2, 0.25) is 5.91 Å². The number of hydrogen-bond acceptors (Lipinski definition) is 4. The molecule has 3 aromatic rings. The monoisotopic (exact) mass is 472 g/mol. The maximum atomic E-state index is 13.2. The molecule has 0 bridgehead atoms. The average Bonchev–Trinajstić information content (AvgIpc) is 2.73. The van der Waals surface area contributed by atoms with Crippen LogP contribution in [0.1, 0.15) is 29.8 Å². The van der Waals surface area contributed by atoms with Crippen molar-refractivity contribution in [2.75, 3.05) is 13.1 Å². The number of likely N-dealkylation sites (tertiary alicyclic amines) is 1. The van der Waals surface area contributed by atoms with E-state index in [1.165, 1.54) is 16.8 Å². The normalized spacial score (nSPS) is 14.8. The third-order valence-electron chi connectivity index (χ3n) is 5.43. The molecule has 2 amide bonds. The van der Waals surface area contributed by atoms with E-state index in [1.807, 2.05) is 0 Å². The molecule has 3 heterocycles. The van der Waals surface area contributed by atoms with Crippen molar-refractivity contribution in [3.63, 3.8) is 0 Å². The Morgan fingerprint density at radius 2 is 1.81 bits per heavy atom. The predicted molar refractivity (Wildman–Crippen MR) is 124 cm³/mol. The highest BCUT2D eigenvalue weighted by Gasteiger charge is 2.37. The van der Waals surface area contributed by atoms with Gasteiger partial charge in [-0.25, -0.2) is 4.98 Å². The molecule has 166 valence electrons. The fraction of sp³-hybridized carbons (Fsp3) is 0.304. The summed E-state index contributed by atoms with van der Waals surface area (Å²) in [6.45, 7) is 5.39. The van der Waals surface area contributed by atoms with Crippen LogP contribution < -0.4 is 10.9 Å². The Bertz CT molecular complexity index is 1260. The molecule has 1 aliphatic heterocycles. The van der Waals surface area contributed by atoms with E-state index in [0.29, 0.717) is 28.5 Å². The van der Waals surface area contributed by atoms with Gasteiger partial charge in [-0.1, -0.05) is 49.2 Å². The molecule has 1 aliphatic rings. The van der Waals surface area contributed by atoms with Crippen LogP contribution in [0.4, 0.5) is 0 Å². The molecule has 0 atom stereocenters. The Labute approximate surface area is 194 Å². The van der Waals surface area contributed by atoms with Gasteiger partial charge in [0.1, 0.15) is 17.8 Å². The summed E-state index contributed by atoms with van der Waals surface area (Å²) in [5.74, 6) is -0.758. The third-order valence-corrected chi connectivity index (χ3v) is 6.01. The van der Waals surface area contributed by atoms with Crippen LogP contribution >= 0.6 is 23.2 Å². The van der Waals surface area contributed by atoms with E-state index in [9.17, 15) is 14.4 Å². The molecule has 1 aromatic carbocycles. The summed E-state index contributed by atoms with van der Waals surface area (Å²) in [6.07, 6.45) is 1.47. The van der Waals surface area contributed by atoms with E-state index in [2.05, 4.69) is 24.1 Å². The summed E-state index contributed by atoms with van der Waals surface area (Å²) in [7, 11) is 0. The van der Waals surface area contributed by atoms with Crippen LogP contribution in [0.2, 0.25) is 10.0 Å². The number of benzene rings is 1. The minimum Gasteiger partial charge on any atom is -0.348 e. The number of halogens is 2. The molecule has 0 aliphatic carbocycles. The van der Waals surface area contributed by atoms with Crippen molar-refractivity contribution < 1.29 is 9.59 Å². The number of fused-ring (bicyclic) bond motifs is 1. The fourth-order valence-corrected chi connectivity index (χ4v) is 4.14. The van der Waals surface area contributed by atoms with Crippen LogP contribution in [0.25, 0.3) is 11.0 Å². The lowest BCUT2D eigenvalue weighted by atomic mass is 9.84. The Morgan fingerprint density at radius 1 is 1.12 bits per heavy atom. The van der Waals surface area contributed by atoms with Gasteiger partial charge < -0.3 is 10.2 Å². The molecule has 1 saturated heterocycles. The molecular weight excluding hydrogens is 451 g/mol. The highest BCUT2D eigenvalue weighted by molar-refractivity contribution is 6.35. The summed E-state index contributed by atoms with van der Waals surface area (Å²) < 4.78 is 1.23. The lowest BCUT2D eigenvalue weighted by molar-refractivity contribution is -0.142. The number of rotatable bonds is 5. The molecule has 0 saturated carbocycles. The van der Waals surface area contributed by atoms with E-state index >= 15 is 0 Å². The van der Waals surface area contributed by atoms with Gasteiger partial charge in [-0.15, -0.1) is 0 Å². The summed E-state index contributed by atoms with van der Waals surface area (Å²) >= 11 is 12.2. The van der Waals surface area contributed by atoms with Gasteiger partial charge in [0.15, 0.2) is 0 Å². The van der Waals surface area contributed by atoms with Crippen molar-refractivity contribution >= 4 is 46.0 Å². The zero-order valence-corrected chi connectivity index (χ0v) is 19.2. The number of hydrogen-bond donors (Lipinski definition) is 1. The van der Waals surface area contributed by atoms with E-state index in [4.69, 9.17) is 23.2 Å². The molecular formula is C23H22Cl2N4O3. The minimum absolute atomic E-state index is 0.0631. The maximum absolute atomic E-state index is 13.2. The maximum Gasteiger partial charge on any atom is 0.265 e. The van der Waals surface area contributed by atoms with Gasteiger partial charge in [-0.3, -0.25) is 19.0 Å². The lowest BCUT2D eigenvalue weighted by Gasteiger charge is -2.45. The Balaban J connectivity index is 1.65. The number of amides is 2. The SMILES string of the molecule is CC1(C)CN(C(=O)Cn2c(=O)c(C(=O)NCc3ccc(Cl)cc3)cc3c(Cl)ccnc32)C1. The lowest BCUT2D eigenvalue weighted by Crippen LogP contribution is -2.56. The van der Waals surface area contributed by atoms with Crippen molar-refractivity contribution in [3.8, 4) is 0 Å². The van der Waals surface area contributed by atoms with Gasteiger partial charge in [0, 0.05) is 36.2 Å². The van der Waals surface area contributed by atoms with Crippen LogP contribution in [-0.2, 0) is 17.9 Å². The Kier molecular flexibility index (Phi) is 5.97. The first-order chi connectivity index (χ1) is 15.1. The van der Waals surface area contributed by atoms with E-state index in [0.717, 1.165) is 5.56 Å². The molecule has 0 unspecified atom stereocenters. The summed E-state index contributed by atoms with van der Waals surface area (Å²) in [5, 5.41) is 4.11. The Morgan fingerprint density at radius 3 is 2.47 bits per heavy atom. The first-order valence-electron chi connectivity index (χ1n) is 10.1. The molecule has 9 heteroatoms. The van der Waals surface area contributed by atoms with Crippen LogP contribution in [0.5, 0.6) is 0 Å². The van der Waals surface area contributed by atoms with Gasteiger partial charge in [0.05, 0.1) is 5.02 Å². The number of nitrogens with zero attached hydrogens (tertiary/aromatic N) is 3. The van der Waals surface area contributed by atoms with Crippen LogP contribution in [-0.4, -0.2) is 39.4 Å². The van der Waals surface area contributed by atoms with Crippen molar-refractivity contribution in [2.24, 2.45) is 5.41 Å². The molecule has 0 radical (unpaired) electrons. The second kappa shape index (κ2) is 8.56. The van der Waals surface area contributed by atoms with E-state index < -0.39 is 11.5 Å². The largest absolute Gasteiger partial charge is 0.348 e. The molecule has 7 nitrogen and oxygen atoms in total. The standard InChI is InChI=1S/C23H22Cl2N4O3/c1-23(2)12-28(13-23)19(30)11-29-20-16(18(25)7-8-26-20)9-17(22(29)32)21(31)27-10-14-3-5-15(24)6-4-14/h3-9H,10-13H2,1-2H3,(H,27,31). The average molecular weight is 473 g/mol. The second-order valence-corrected chi connectivity index (χ2v) is 9.55. The molecule has 1 fully saturated rings. The van der Waals surface area contributed by atoms with Gasteiger partial charge in [0.25, 0.3) is 11.5 Å². The molecule has 2 aromatic heterocycles.